The van der Waals surface area contributed by atoms with E-state index in [-0.39, 0.29) is 5.75 Å². The first-order valence-corrected chi connectivity index (χ1v) is 8.21. The number of hydrogen-bond donors (Lipinski definition) is 1. The van der Waals surface area contributed by atoms with E-state index < -0.39 is 0 Å². The van der Waals surface area contributed by atoms with Gasteiger partial charge in [0.15, 0.2) is 11.6 Å². The number of hydrogen-bond acceptors (Lipinski definition) is 4. The minimum Gasteiger partial charge on any atom is -0.507 e. The molecule has 0 aliphatic carbocycles. The van der Waals surface area contributed by atoms with E-state index in [0.29, 0.717) is 17.2 Å². The van der Waals surface area contributed by atoms with Gasteiger partial charge in [-0.2, -0.15) is 0 Å². The number of phenolic OH excluding ortho intramolecular Hbond substituents is 1. The monoisotopic (exact) mass is 340 g/mol. The maximum Gasteiger partial charge on any atom is 0.175 e. The molecule has 0 saturated carbocycles. The highest BCUT2D eigenvalue weighted by atomic mass is 16.3. The van der Waals surface area contributed by atoms with Gasteiger partial charge in [0, 0.05) is 6.20 Å². The quantitative estimate of drug-likeness (QED) is 0.604. The summed E-state index contributed by atoms with van der Waals surface area (Å²) in [4.78, 5) is 8.87. The van der Waals surface area contributed by atoms with Crippen LogP contribution in [-0.2, 0) is 0 Å². The zero-order valence-electron chi connectivity index (χ0n) is 13.9. The zero-order valence-corrected chi connectivity index (χ0v) is 13.9. The molecular weight excluding hydrogens is 324 g/mol. The molecule has 0 aliphatic heterocycles. The Kier molecular flexibility index (Phi) is 4.26. The van der Waals surface area contributed by atoms with Gasteiger partial charge in [-0.3, -0.25) is 4.98 Å². The fraction of sp³-hybridized carbons (Fsp3) is 0. The lowest BCUT2D eigenvalue weighted by Crippen LogP contribution is -1.99. The van der Waals surface area contributed by atoms with E-state index in [1.165, 1.54) is 0 Å². The van der Waals surface area contributed by atoms with Crippen LogP contribution in [0.2, 0.25) is 0 Å². The number of aromatic hydroxyl groups is 1. The van der Waals surface area contributed by atoms with Crippen molar-refractivity contribution < 1.29 is 5.11 Å². The number of benzene rings is 2. The number of nitrogens with zero attached hydrogens (tertiary/aromatic N) is 4. The van der Waals surface area contributed by atoms with Gasteiger partial charge in [0.05, 0.1) is 16.9 Å². The number of phenols is 1. The van der Waals surface area contributed by atoms with Gasteiger partial charge in [0.25, 0.3) is 0 Å². The Morgan fingerprint density at radius 3 is 2.35 bits per heavy atom. The van der Waals surface area contributed by atoms with Crippen LogP contribution in [0.15, 0.2) is 79.0 Å². The summed E-state index contributed by atoms with van der Waals surface area (Å²) in [6.07, 6.45) is 5.41. The van der Waals surface area contributed by atoms with Gasteiger partial charge < -0.3 is 5.11 Å². The van der Waals surface area contributed by atoms with Crippen LogP contribution in [0, 0.1) is 0 Å². The van der Waals surface area contributed by atoms with Gasteiger partial charge >= 0.3 is 0 Å². The van der Waals surface area contributed by atoms with Crippen molar-refractivity contribution in [3.8, 4) is 22.8 Å². The first-order valence-electron chi connectivity index (χ1n) is 8.21. The summed E-state index contributed by atoms with van der Waals surface area (Å²) >= 11 is 0. The second-order valence-corrected chi connectivity index (χ2v) is 5.65. The maximum absolute atomic E-state index is 10.2. The molecule has 4 aromatic rings. The molecule has 0 saturated heterocycles. The largest absolute Gasteiger partial charge is 0.507 e. The van der Waals surface area contributed by atoms with E-state index >= 15 is 0 Å². The molecule has 1 N–H and O–H groups in total. The first-order chi connectivity index (χ1) is 12.8. The average Bonchev–Trinajstić information content (AvgIpc) is 3.12. The van der Waals surface area contributed by atoms with Crippen molar-refractivity contribution in [2.45, 2.75) is 0 Å². The second kappa shape index (κ2) is 7.03. The predicted octanol–water partition coefficient (Wildman–Crippen LogP) is 4.21. The highest BCUT2D eigenvalue weighted by Gasteiger charge is 2.15. The van der Waals surface area contributed by atoms with Crippen molar-refractivity contribution >= 4 is 12.2 Å². The van der Waals surface area contributed by atoms with E-state index in [1.807, 2.05) is 72.8 Å². The Morgan fingerprint density at radius 2 is 1.58 bits per heavy atom. The van der Waals surface area contributed by atoms with E-state index in [1.54, 1.807) is 23.0 Å². The van der Waals surface area contributed by atoms with Crippen LogP contribution in [0.25, 0.3) is 29.2 Å². The van der Waals surface area contributed by atoms with Crippen molar-refractivity contribution in [1.82, 2.24) is 19.7 Å². The smallest absolute Gasteiger partial charge is 0.175 e. The molecule has 2 aromatic heterocycles. The zero-order chi connectivity index (χ0) is 17.8. The molecule has 26 heavy (non-hydrogen) atoms. The fourth-order valence-electron chi connectivity index (χ4n) is 2.62. The third kappa shape index (κ3) is 3.23. The molecule has 0 spiro atoms. The highest BCUT2D eigenvalue weighted by Crippen LogP contribution is 2.29. The van der Waals surface area contributed by atoms with E-state index in [4.69, 9.17) is 0 Å². The van der Waals surface area contributed by atoms with Crippen LogP contribution < -0.4 is 0 Å². The fourth-order valence-corrected chi connectivity index (χ4v) is 2.62. The molecule has 5 nitrogen and oxygen atoms in total. The summed E-state index contributed by atoms with van der Waals surface area (Å²) < 4.78 is 1.73. The summed E-state index contributed by atoms with van der Waals surface area (Å²) in [7, 11) is 0. The standard InChI is InChI=1S/C21H16N4O/c26-19-12-5-4-11-18(19)21-23-20(14-13-16-8-6-7-15-22-16)24-25(21)17-9-2-1-3-10-17/h1-15,26H. The third-order valence-corrected chi connectivity index (χ3v) is 3.86. The number of pyridine rings is 1. The Balaban J connectivity index is 1.81. The van der Waals surface area contributed by atoms with Gasteiger partial charge in [0.2, 0.25) is 0 Å². The molecule has 126 valence electrons. The van der Waals surface area contributed by atoms with Crippen LogP contribution >= 0.6 is 0 Å². The molecule has 0 bridgehead atoms. The summed E-state index contributed by atoms with van der Waals surface area (Å²) in [5.41, 5.74) is 2.32. The Bertz CT molecular complexity index is 1040. The maximum atomic E-state index is 10.2. The van der Waals surface area contributed by atoms with Crippen molar-refractivity contribution in [2.75, 3.05) is 0 Å². The van der Waals surface area contributed by atoms with Crippen molar-refractivity contribution in [1.29, 1.82) is 0 Å². The lowest BCUT2D eigenvalue weighted by Gasteiger charge is -2.06. The Morgan fingerprint density at radius 1 is 0.808 bits per heavy atom. The third-order valence-electron chi connectivity index (χ3n) is 3.86. The summed E-state index contributed by atoms with van der Waals surface area (Å²) in [6.45, 7) is 0. The minimum atomic E-state index is 0.164. The molecule has 0 aliphatic rings. The molecule has 0 fully saturated rings. The summed E-state index contributed by atoms with van der Waals surface area (Å²) in [5, 5.41) is 14.8. The molecule has 0 amide bonds. The van der Waals surface area contributed by atoms with Crippen LogP contribution in [0.1, 0.15) is 11.5 Å². The van der Waals surface area contributed by atoms with Crippen LogP contribution in [0.3, 0.4) is 0 Å². The van der Waals surface area contributed by atoms with E-state index in [9.17, 15) is 5.11 Å². The van der Waals surface area contributed by atoms with Gasteiger partial charge in [-0.25, -0.2) is 9.67 Å². The van der Waals surface area contributed by atoms with Crippen LogP contribution in [-0.4, -0.2) is 24.9 Å². The van der Waals surface area contributed by atoms with Crippen molar-refractivity contribution in [3.63, 3.8) is 0 Å². The van der Waals surface area contributed by atoms with E-state index in [0.717, 1.165) is 11.4 Å². The van der Waals surface area contributed by atoms with Crippen LogP contribution in [0.4, 0.5) is 0 Å². The molecule has 4 rings (SSSR count). The van der Waals surface area contributed by atoms with Gasteiger partial charge in [-0.05, 0) is 48.6 Å². The highest BCUT2D eigenvalue weighted by molar-refractivity contribution is 5.69. The predicted molar refractivity (Wildman–Crippen MR) is 102 cm³/mol. The molecule has 0 unspecified atom stereocenters. The number of para-hydroxylation sites is 2. The summed E-state index contributed by atoms with van der Waals surface area (Å²) in [6, 6.07) is 22.5. The molecular formula is C21H16N4O. The Labute approximate surface area is 150 Å². The normalized spacial score (nSPS) is 11.1. The molecule has 0 radical (unpaired) electrons. The van der Waals surface area contributed by atoms with E-state index in [2.05, 4.69) is 15.1 Å². The molecule has 2 aromatic carbocycles. The number of aromatic nitrogens is 4. The molecule has 2 heterocycles. The molecule has 0 atom stereocenters. The SMILES string of the molecule is Oc1ccccc1-c1nc(C=Cc2ccccn2)nn1-c1ccccc1. The van der Waals surface area contributed by atoms with Crippen LogP contribution in [0.5, 0.6) is 5.75 Å². The lowest BCUT2D eigenvalue weighted by atomic mass is 10.2. The second-order valence-electron chi connectivity index (χ2n) is 5.65. The first kappa shape index (κ1) is 15.8. The van der Waals surface area contributed by atoms with Crippen molar-refractivity contribution in [3.05, 3.63) is 90.5 Å². The van der Waals surface area contributed by atoms with Crippen molar-refractivity contribution in [2.24, 2.45) is 0 Å². The van der Waals surface area contributed by atoms with Gasteiger partial charge in [-0.1, -0.05) is 36.4 Å². The average molecular weight is 340 g/mol. The van der Waals surface area contributed by atoms with Gasteiger partial charge in [0.1, 0.15) is 5.75 Å². The Hall–Kier alpha value is -3.73. The molecule has 5 heteroatoms. The lowest BCUT2D eigenvalue weighted by molar-refractivity contribution is 0.476. The number of rotatable bonds is 4. The minimum absolute atomic E-state index is 0.164. The summed E-state index contributed by atoms with van der Waals surface area (Å²) in [5.74, 6) is 1.28. The van der Waals surface area contributed by atoms with Gasteiger partial charge in [-0.15, -0.1) is 5.10 Å². The topological polar surface area (TPSA) is 63.8 Å².